The smallest absolute Gasteiger partial charge is 0.135 e. The number of nitrogens with zero attached hydrogens (tertiary/aromatic N) is 1. The van der Waals surface area contributed by atoms with Crippen LogP contribution in [0.5, 0.6) is 5.75 Å². The van der Waals surface area contributed by atoms with Crippen molar-refractivity contribution < 1.29 is 4.74 Å². The van der Waals surface area contributed by atoms with Crippen LogP contribution in [-0.2, 0) is 6.54 Å². The molecular weight excluding hydrogens is 336 g/mol. The summed E-state index contributed by atoms with van der Waals surface area (Å²) in [7, 11) is 0. The highest BCUT2D eigenvalue weighted by molar-refractivity contribution is 5.72. The van der Waals surface area contributed by atoms with Crippen molar-refractivity contribution in [3.8, 4) is 5.75 Å². The van der Waals surface area contributed by atoms with Crippen LogP contribution in [0.15, 0.2) is 55.4 Å². The first-order valence-electron chi connectivity index (χ1n) is 9.18. The van der Waals surface area contributed by atoms with Gasteiger partial charge in [-0.05, 0) is 36.6 Å². The number of nitrogens with two attached hydrogens (primary N) is 1. The van der Waals surface area contributed by atoms with E-state index in [0.29, 0.717) is 25.6 Å². The number of hydrogen-bond acceptors (Lipinski definition) is 5. The van der Waals surface area contributed by atoms with Crippen LogP contribution in [0, 0.1) is 0 Å². The minimum Gasteiger partial charge on any atom is -0.492 e. The molecule has 1 aromatic heterocycles. The number of pyridine rings is 1. The second-order valence-electron chi connectivity index (χ2n) is 6.80. The number of anilines is 1. The molecule has 5 nitrogen and oxygen atoms in total. The first-order valence-corrected chi connectivity index (χ1v) is 9.18. The van der Waals surface area contributed by atoms with Gasteiger partial charge in [0, 0.05) is 41.8 Å². The maximum atomic E-state index is 5.87. The molecule has 0 atom stereocenters. The van der Waals surface area contributed by atoms with Crippen molar-refractivity contribution in [3.63, 3.8) is 0 Å². The molecule has 1 aromatic carbocycles. The van der Waals surface area contributed by atoms with E-state index in [2.05, 4.69) is 60.8 Å². The summed E-state index contributed by atoms with van der Waals surface area (Å²) < 4.78 is 5.87. The molecule has 2 aromatic rings. The highest BCUT2D eigenvalue weighted by Crippen LogP contribution is 2.27. The average molecular weight is 367 g/mol. The maximum absolute atomic E-state index is 5.87. The molecule has 27 heavy (non-hydrogen) atoms. The molecule has 0 fully saturated rings. The van der Waals surface area contributed by atoms with Gasteiger partial charge in [-0.1, -0.05) is 39.1 Å². The predicted octanol–water partition coefficient (Wildman–Crippen LogP) is 4.25. The summed E-state index contributed by atoms with van der Waals surface area (Å²) in [6, 6.07) is 10.2. The minimum absolute atomic E-state index is 0.436. The molecule has 0 aliphatic rings. The van der Waals surface area contributed by atoms with Gasteiger partial charge in [-0.15, -0.1) is 0 Å². The van der Waals surface area contributed by atoms with Crippen molar-refractivity contribution in [2.24, 2.45) is 5.73 Å². The highest BCUT2D eigenvalue weighted by Gasteiger charge is 2.11. The van der Waals surface area contributed by atoms with Crippen LogP contribution in [-0.4, -0.2) is 18.1 Å². The summed E-state index contributed by atoms with van der Waals surface area (Å²) in [5, 5.41) is 6.55. The number of allylic oxidation sites excluding steroid dienone is 1. The Bertz CT molecular complexity index is 799. The van der Waals surface area contributed by atoms with E-state index >= 15 is 0 Å². The van der Waals surface area contributed by atoms with E-state index in [-0.39, 0.29) is 0 Å². The fourth-order valence-corrected chi connectivity index (χ4v) is 2.67. The Morgan fingerprint density at radius 1 is 1.26 bits per heavy atom. The second kappa shape index (κ2) is 9.78. The molecule has 1 heterocycles. The Labute approximate surface area is 162 Å². The topological polar surface area (TPSA) is 72.2 Å². The van der Waals surface area contributed by atoms with E-state index in [9.17, 15) is 0 Å². The Morgan fingerprint density at radius 3 is 2.70 bits per heavy atom. The van der Waals surface area contributed by atoms with Gasteiger partial charge in [-0.25, -0.2) is 4.98 Å². The van der Waals surface area contributed by atoms with Gasteiger partial charge >= 0.3 is 0 Å². The summed E-state index contributed by atoms with van der Waals surface area (Å²) in [6.07, 6.45) is 1.76. The molecule has 0 amide bonds. The molecule has 5 heteroatoms. The van der Waals surface area contributed by atoms with Crippen molar-refractivity contribution in [2.45, 2.75) is 33.2 Å². The van der Waals surface area contributed by atoms with Gasteiger partial charge in [-0.2, -0.15) is 0 Å². The maximum Gasteiger partial charge on any atom is 0.135 e. The van der Waals surface area contributed by atoms with Gasteiger partial charge in [0.1, 0.15) is 18.2 Å². The van der Waals surface area contributed by atoms with Crippen LogP contribution in [0.3, 0.4) is 0 Å². The van der Waals surface area contributed by atoms with Gasteiger partial charge in [-0.3, -0.25) is 0 Å². The highest BCUT2D eigenvalue weighted by atomic mass is 16.5. The normalized spacial score (nSPS) is 10.6. The largest absolute Gasteiger partial charge is 0.492 e. The van der Waals surface area contributed by atoms with Gasteiger partial charge in [0.2, 0.25) is 0 Å². The third kappa shape index (κ3) is 5.86. The Morgan fingerprint density at radius 2 is 2.04 bits per heavy atom. The molecule has 144 valence electrons. The Balaban J connectivity index is 2.21. The third-order valence-electron chi connectivity index (χ3n) is 4.08. The van der Waals surface area contributed by atoms with Crippen LogP contribution in [0.1, 0.15) is 43.4 Å². The van der Waals surface area contributed by atoms with E-state index in [0.717, 1.165) is 34.1 Å². The molecule has 0 saturated carbocycles. The molecule has 2 rings (SSSR count). The van der Waals surface area contributed by atoms with Crippen LogP contribution >= 0.6 is 0 Å². The summed E-state index contributed by atoms with van der Waals surface area (Å²) in [5.74, 6) is 2.05. The molecular formula is C22H30N4O. The summed E-state index contributed by atoms with van der Waals surface area (Å²) in [6.45, 7) is 15.7. The second-order valence-corrected chi connectivity index (χ2v) is 6.80. The number of rotatable bonds is 10. The molecule has 0 aliphatic carbocycles. The molecule has 0 radical (unpaired) electrons. The van der Waals surface area contributed by atoms with Crippen LogP contribution < -0.4 is 21.1 Å². The number of benzene rings is 1. The van der Waals surface area contributed by atoms with E-state index in [1.54, 1.807) is 6.20 Å². The lowest BCUT2D eigenvalue weighted by Gasteiger charge is -2.17. The van der Waals surface area contributed by atoms with Crippen LogP contribution in [0.4, 0.5) is 5.82 Å². The van der Waals surface area contributed by atoms with Gasteiger partial charge < -0.3 is 21.1 Å². The monoisotopic (exact) mass is 366 g/mol. The fourth-order valence-electron chi connectivity index (χ4n) is 2.67. The minimum atomic E-state index is 0.436. The molecule has 4 N–H and O–H groups in total. The predicted molar refractivity (Wildman–Crippen MR) is 114 cm³/mol. The Kier molecular flexibility index (Phi) is 7.44. The molecule has 0 saturated heterocycles. The number of aromatic nitrogens is 1. The van der Waals surface area contributed by atoms with Gasteiger partial charge in [0.15, 0.2) is 0 Å². The van der Waals surface area contributed by atoms with Gasteiger partial charge in [0.25, 0.3) is 0 Å². The zero-order valence-corrected chi connectivity index (χ0v) is 16.5. The lowest BCUT2D eigenvalue weighted by atomic mass is 10.0. The quantitative estimate of drug-likeness (QED) is 0.586. The molecule has 0 spiro atoms. The van der Waals surface area contributed by atoms with Crippen LogP contribution in [0.2, 0.25) is 0 Å². The first kappa shape index (κ1) is 20.5. The van der Waals surface area contributed by atoms with Crippen molar-refractivity contribution in [1.29, 1.82) is 0 Å². The summed E-state index contributed by atoms with van der Waals surface area (Å²) in [5.41, 5.74) is 10.4. The zero-order chi connectivity index (χ0) is 19.8. The van der Waals surface area contributed by atoms with E-state index < -0.39 is 0 Å². The van der Waals surface area contributed by atoms with E-state index in [1.165, 1.54) is 5.56 Å². The SMILES string of the molecule is C=C(C)NC(=C)c1cccnc1NCc1ccc(C(C)C)cc1OCCN. The van der Waals surface area contributed by atoms with Crippen LogP contribution in [0.25, 0.3) is 5.70 Å². The molecule has 0 bridgehead atoms. The third-order valence-corrected chi connectivity index (χ3v) is 4.08. The molecule has 0 unspecified atom stereocenters. The zero-order valence-electron chi connectivity index (χ0n) is 16.5. The van der Waals surface area contributed by atoms with Gasteiger partial charge in [0.05, 0.1) is 0 Å². The summed E-state index contributed by atoms with van der Waals surface area (Å²) >= 11 is 0. The van der Waals surface area contributed by atoms with Crippen molar-refractivity contribution in [1.82, 2.24) is 10.3 Å². The van der Waals surface area contributed by atoms with Crippen molar-refractivity contribution in [3.05, 3.63) is 72.1 Å². The summed E-state index contributed by atoms with van der Waals surface area (Å²) in [4.78, 5) is 4.46. The standard InChI is InChI=1S/C22H30N4O/c1-15(2)18-8-9-19(21(13-18)27-12-10-23)14-25-22-20(7-6-11-24-22)17(5)26-16(3)4/h6-9,11,13,15,26H,3,5,10,12,14,23H2,1-2,4H3,(H,24,25). The number of nitrogens with one attached hydrogen (secondary N) is 2. The fraction of sp³-hybridized carbons (Fsp3) is 0.318. The average Bonchev–Trinajstić information content (AvgIpc) is 2.64. The first-order chi connectivity index (χ1) is 12.9. The number of ether oxygens (including phenoxy) is 1. The lowest BCUT2D eigenvalue weighted by Crippen LogP contribution is -2.14. The number of hydrogen-bond donors (Lipinski definition) is 3. The van der Waals surface area contributed by atoms with Crippen molar-refractivity contribution in [2.75, 3.05) is 18.5 Å². The molecule has 0 aliphatic heterocycles. The van der Waals surface area contributed by atoms with E-state index in [4.69, 9.17) is 10.5 Å². The Hall–Kier alpha value is -2.79. The van der Waals surface area contributed by atoms with Crippen molar-refractivity contribution >= 4 is 11.5 Å². The van der Waals surface area contributed by atoms with E-state index in [1.807, 2.05) is 19.1 Å². The lowest BCUT2D eigenvalue weighted by molar-refractivity contribution is 0.325.